The van der Waals surface area contributed by atoms with Crippen molar-refractivity contribution in [3.63, 3.8) is 0 Å². The normalized spacial score (nSPS) is 12.7. The van der Waals surface area contributed by atoms with Crippen LogP contribution in [0.5, 0.6) is 0 Å². The van der Waals surface area contributed by atoms with Crippen molar-refractivity contribution >= 4 is 22.7 Å². The molecule has 4 rings (SSSR count). The lowest BCUT2D eigenvalue weighted by Crippen LogP contribution is -2.42. The van der Waals surface area contributed by atoms with E-state index >= 15 is 0 Å². The van der Waals surface area contributed by atoms with Crippen LogP contribution in [-0.2, 0) is 24.8 Å². The average Bonchev–Trinajstić information content (AvgIpc) is 3.22. The molecule has 0 unspecified atom stereocenters. The molecule has 0 N–H and O–H groups in total. The predicted octanol–water partition coefficient (Wildman–Crippen LogP) is 2.16. The summed E-state index contributed by atoms with van der Waals surface area (Å²) in [5, 5.41) is 0. The Hall–Kier alpha value is -3.42. The van der Waals surface area contributed by atoms with Gasteiger partial charge in [-0.05, 0) is 39.7 Å². The number of carbonyl (C=O) groups is 1. The summed E-state index contributed by atoms with van der Waals surface area (Å²) in [6.45, 7) is 7.58. The van der Waals surface area contributed by atoms with Crippen molar-refractivity contribution in [2.75, 3.05) is 0 Å². The van der Waals surface area contributed by atoms with Crippen LogP contribution in [0.25, 0.3) is 16.9 Å². The van der Waals surface area contributed by atoms with Crippen molar-refractivity contribution in [2.45, 2.75) is 46.7 Å². The second kappa shape index (κ2) is 7.12. The van der Waals surface area contributed by atoms with Gasteiger partial charge in [-0.25, -0.2) is 9.36 Å². The van der Waals surface area contributed by atoms with Crippen molar-refractivity contribution in [1.82, 2.24) is 23.1 Å². The molecule has 0 amide bonds. The molecule has 30 heavy (non-hydrogen) atoms. The molecule has 4 aromatic rings. The summed E-state index contributed by atoms with van der Waals surface area (Å²) in [5.41, 5.74) is 2.71. The van der Waals surface area contributed by atoms with Crippen molar-refractivity contribution in [3.05, 3.63) is 68.1 Å². The van der Waals surface area contributed by atoms with E-state index in [-0.39, 0.29) is 5.78 Å². The van der Waals surface area contributed by atoms with Crippen LogP contribution in [0.3, 0.4) is 0 Å². The van der Waals surface area contributed by atoms with Gasteiger partial charge in [0, 0.05) is 25.0 Å². The van der Waals surface area contributed by atoms with E-state index in [0.717, 1.165) is 22.4 Å². The Labute approximate surface area is 173 Å². The van der Waals surface area contributed by atoms with Gasteiger partial charge in [-0.15, -0.1) is 0 Å². The van der Waals surface area contributed by atoms with Crippen LogP contribution in [-0.4, -0.2) is 28.9 Å². The molecule has 156 valence electrons. The molecule has 8 nitrogen and oxygen atoms in total. The summed E-state index contributed by atoms with van der Waals surface area (Å²) in [4.78, 5) is 42.7. The molecule has 1 aromatic carbocycles. The fourth-order valence-corrected chi connectivity index (χ4v) is 3.96. The maximum Gasteiger partial charge on any atom is 0.333 e. The highest BCUT2D eigenvalue weighted by Gasteiger charge is 2.25. The van der Waals surface area contributed by atoms with Gasteiger partial charge in [-0.3, -0.25) is 18.6 Å². The van der Waals surface area contributed by atoms with E-state index in [2.05, 4.69) is 21.7 Å². The molecule has 3 aromatic heterocycles. The first-order valence-corrected chi connectivity index (χ1v) is 9.97. The van der Waals surface area contributed by atoms with Crippen molar-refractivity contribution in [1.29, 1.82) is 0 Å². The van der Waals surface area contributed by atoms with E-state index in [4.69, 9.17) is 0 Å². The van der Waals surface area contributed by atoms with E-state index in [1.165, 1.54) is 17.1 Å². The number of Topliss-reactive ketones (excluding diaryl/α,β-unsaturated/α-hetero) is 1. The van der Waals surface area contributed by atoms with E-state index in [0.29, 0.717) is 23.5 Å². The van der Waals surface area contributed by atoms with Crippen LogP contribution in [0, 0.1) is 13.8 Å². The van der Waals surface area contributed by atoms with E-state index in [1.54, 1.807) is 18.4 Å². The van der Waals surface area contributed by atoms with Crippen molar-refractivity contribution < 1.29 is 4.79 Å². The van der Waals surface area contributed by atoms with Crippen molar-refractivity contribution in [2.24, 2.45) is 7.05 Å². The molecule has 0 radical (unpaired) electrons. The van der Waals surface area contributed by atoms with Gasteiger partial charge in [0.1, 0.15) is 0 Å². The zero-order valence-corrected chi connectivity index (χ0v) is 17.8. The third kappa shape index (κ3) is 2.82. The number of fused-ring (bicyclic) bond motifs is 3. The van der Waals surface area contributed by atoms with Crippen LogP contribution in [0.1, 0.15) is 36.8 Å². The third-order valence-electron chi connectivity index (χ3n) is 6.02. The number of rotatable bonds is 5. The lowest BCUT2D eigenvalue weighted by molar-refractivity contribution is -0.119. The molecule has 0 saturated carbocycles. The molecule has 3 heterocycles. The monoisotopic (exact) mass is 407 g/mol. The fraction of sp³-hybridized carbons (Fsp3) is 0.364. The number of carbonyl (C=O) groups excluding carboxylic acids is 1. The Kier molecular flexibility index (Phi) is 4.72. The van der Waals surface area contributed by atoms with Crippen LogP contribution < -0.4 is 11.2 Å². The molecule has 8 heteroatoms. The number of benzene rings is 1. The quantitative estimate of drug-likeness (QED) is 0.508. The minimum absolute atomic E-state index is 0.248. The first kappa shape index (κ1) is 19.9. The van der Waals surface area contributed by atoms with Gasteiger partial charge in [-0.2, -0.15) is 4.98 Å². The second-order valence-corrected chi connectivity index (χ2v) is 7.78. The molecule has 0 bridgehead atoms. The molecular formula is C22H25N5O3. The molecule has 1 atom stereocenters. The highest BCUT2D eigenvalue weighted by Crippen LogP contribution is 2.21. The van der Waals surface area contributed by atoms with Gasteiger partial charge in [0.05, 0.1) is 6.04 Å². The maximum atomic E-state index is 13.3. The summed E-state index contributed by atoms with van der Waals surface area (Å²) >= 11 is 0. The minimum atomic E-state index is -0.840. The number of aromatic nitrogens is 5. The van der Waals surface area contributed by atoms with Gasteiger partial charge in [0.15, 0.2) is 16.9 Å². The standard InChI is InChI=1S/C22H25N5O3/c1-13-14(2)26-18-19(24(5)22(30)27(20(18)29)15(3)16(4)28)23-21(26)25(13)12-11-17-9-7-6-8-10-17/h6-10,15H,11-12H2,1-5H3/t15-/m1/s1. The number of hydrogen-bond acceptors (Lipinski definition) is 4. The average molecular weight is 407 g/mol. The second-order valence-electron chi connectivity index (χ2n) is 7.78. The largest absolute Gasteiger partial charge is 0.333 e. The number of ketones is 1. The van der Waals surface area contributed by atoms with Gasteiger partial charge < -0.3 is 4.57 Å². The zero-order valence-electron chi connectivity index (χ0n) is 17.8. The Bertz CT molecular complexity index is 1400. The van der Waals surface area contributed by atoms with Crippen LogP contribution >= 0.6 is 0 Å². The molecule has 0 aliphatic heterocycles. The molecule has 0 fully saturated rings. The van der Waals surface area contributed by atoms with Crippen LogP contribution in [0.4, 0.5) is 0 Å². The predicted molar refractivity (Wildman–Crippen MR) is 115 cm³/mol. The Morgan fingerprint density at radius 3 is 2.40 bits per heavy atom. The highest BCUT2D eigenvalue weighted by atomic mass is 16.2. The molecule has 0 aliphatic carbocycles. The number of hydrogen-bond donors (Lipinski definition) is 0. The summed E-state index contributed by atoms with van der Waals surface area (Å²) in [5.74, 6) is 0.374. The van der Waals surface area contributed by atoms with Crippen LogP contribution in [0.15, 0.2) is 39.9 Å². The topological polar surface area (TPSA) is 83.3 Å². The Morgan fingerprint density at radius 1 is 1.10 bits per heavy atom. The van der Waals surface area contributed by atoms with Crippen molar-refractivity contribution in [3.8, 4) is 0 Å². The van der Waals surface area contributed by atoms with Gasteiger partial charge in [0.2, 0.25) is 5.78 Å². The minimum Gasteiger partial charge on any atom is -0.314 e. The Morgan fingerprint density at radius 2 is 1.77 bits per heavy atom. The summed E-state index contributed by atoms with van der Waals surface area (Å²) in [6, 6.07) is 9.33. The first-order valence-electron chi connectivity index (χ1n) is 9.97. The van der Waals surface area contributed by atoms with Gasteiger partial charge >= 0.3 is 5.69 Å². The molecule has 0 spiro atoms. The molecular weight excluding hydrogens is 382 g/mol. The summed E-state index contributed by atoms with van der Waals surface area (Å²) in [7, 11) is 1.58. The molecule has 0 saturated heterocycles. The van der Waals surface area contributed by atoms with E-state index < -0.39 is 17.3 Å². The first-order chi connectivity index (χ1) is 14.2. The third-order valence-corrected chi connectivity index (χ3v) is 6.02. The summed E-state index contributed by atoms with van der Waals surface area (Å²) in [6.07, 6.45) is 0.819. The smallest absolute Gasteiger partial charge is 0.314 e. The van der Waals surface area contributed by atoms with Gasteiger partial charge in [0.25, 0.3) is 5.56 Å². The SMILES string of the molecule is CC(=O)[C@@H](C)n1c(=O)c2c(nc3n(CCc4ccccc4)c(C)c(C)n23)n(C)c1=O. The van der Waals surface area contributed by atoms with Gasteiger partial charge in [-0.1, -0.05) is 30.3 Å². The lowest BCUT2D eigenvalue weighted by atomic mass is 10.1. The lowest BCUT2D eigenvalue weighted by Gasteiger charge is -2.12. The number of nitrogens with zero attached hydrogens (tertiary/aromatic N) is 5. The Balaban J connectivity index is 1.98. The fourth-order valence-electron chi connectivity index (χ4n) is 3.96. The highest BCUT2D eigenvalue weighted by molar-refractivity contribution is 5.81. The zero-order chi connectivity index (χ0) is 21.7. The maximum absolute atomic E-state index is 13.3. The van der Waals surface area contributed by atoms with Crippen LogP contribution in [0.2, 0.25) is 0 Å². The number of imidazole rings is 2. The molecule has 0 aliphatic rings. The number of aryl methyl sites for hydroxylation is 4. The summed E-state index contributed by atoms with van der Waals surface area (Å²) < 4.78 is 6.25. The van der Waals surface area contributed by atoms with E-state index in [9.17, 15) is 14.4 Å². The van der Waals surface area contributed by atoms with E-state index in [1.807, 2.05) is 32.0 Å².